The Morgan fingerprint density at radius 3 is 2.56 bits per heavy atom. The van der Waals surface area contributed by atoms with Crippen LogP contribution in [0.4, 0.5) is 4.79 Å². The van der Waals surface area contributed by atoms with Gasteiger partial charge in [-0.05, 0) is 41.0 Å². The van der Waals surface area contributed by atoms with Crippen LogP contribution in [0, 0.1) is 0 Å². The van der Waals surface area contributed by atoms with Crippen molar-refractivity contribution in [1.29, 1.82) is 0 Å². The zero-order valence-corrected chi connectivity index (χ0v) is 11.7. The van der Waals surface area contributed by atoms with Crippen LogP contribution in [0.2, 0.25) is 0 Å². The number of hydrogen-bond acceptors (Lipinski definition) is 4. The van der Waals surface area contributed by atoms with Crippen LogP contribution in [0.5, 0.6) is 0 Å². The minimum absolute atomic E-state index is 0.0345. The molecule has 0 bridgehead atoms. The van der Waals surface area contributed by atoms with Crippen molar-refractivity contribution < 1.29 is 19.5 Å². The Hall–Kier alpha value is -1.07. The zero-order chi connectivity index (χ0) is 13.9. The number of nitrogens with zero attached hydrogens (tertiary/aromatic N) is 1. The van der Waals surface area contributed by atoms with Gasteiger partial charge in [0.2, 0.25) is 0 Å². The monoisotopic (exact) mass is 257 g/mol. The van der Waals surface area contributed by atoms with Gasteiger partial charge in [0.15, 0.2) is 0 Å². The van der Waals surface area contributed by atoms with E-state index in [4.69, 9.17) is 9.47 Å². The fourth-order valence-electron chi connectivity index (χ4n) is 1.75. The van der Waals surface area contributed by atoms with Gasteiger partial charge in [-0.3, -0.25) is 5.21 Å². The summed E-state index contributed by atoms with van der Waals surface area (Å²) in [6.07, 6.45) is 3.32. The average molecular weight is 257 g/mol. The van der Waals surface area contributed by atoms with Crippen molar-refractivity contribution in [3.63, 3.8) is 0 Å². The highest BCUT2D eigenvalue weighted by Crippen LogP contribution is 2.22. The molecule has 1 N–H and O–H groups in total. The van der Waals surface area contributed by atoms with Crippen molar-refractivity contribution in [2.45, 2.75) is 64.9 Å². The SMILES string of the molecule is CC(C)O[C@@H]1C=CC[C@@H]1N(O)C(=O)OC(C)(C)C. The van der Waals surface area contributed by atoms with Gasteiger partial charge in [0.1, 0.15) is 5.60 Å². The predicted octanol–water partition coefficient (Wildman–Crippen LogP) is 2.73. The van der Waals surface area contributed by atoms with Gasteiger partial charge in [-0.2, -0.15) is 5.06 Å². The molecule has 0 aromatic rings. The summed E-state index contributed by atoms with van der Waals surface area (Å²) in [5, 5.41) is 10.5. The van der Waals surface area contributed by atoms with E-state index in [0.29, 0.717) is 11.5 Å². The smallest absolute Gasteiger partial charge is 0.434 e. The van der Waals surface area contributed by atoms with Gasteiger partial charge in [0, 0.05) is 0 Å². The van der Waals surface area contributed by atoms with E-state index < -0.39 is 17.7 Å². The lowest BCUT2D eigenvalue weighted by molar-refractivity contribution is -0.146. The third-order valence-corrected chi connectivity index (χ3v) is 2.41. The van der Waals surface area contributed by atoms with Crippen LogP contribution in [0.1, 0.15) is 41.0 Å². The van der Waals surface area contributed by atoms with Crippen LogP contribution in [-0.4, -0.2) is 40.2 Å². The number of carbonyl (C=O) groups is 1. The molecule has 1 aliphatic carbocycles. The molecule has 104 valence electrons. The Labute approximate surface area is 108 Å². The van der Waals surface area contributed by atoms with E-state index in [1.807, 2.05) is 26.0 Å². The predicted molar refractivity (Wildman–Crippen MR) is 67.4 cm³/mol. The van der Waals surface area contributed by atoms with Crippen LogP contribution < -0.4 is 0 Å². The highest BCUT2D eigenvalue weighted by atomic mass is 16.6. The molecule has 1 aliphatic rings. The molecule has 0 fully saturated rings. The van der Waals surface area contributed by atoms with E-state index in [9.17, 15) is 10.0 Å². The topological polar surface area (TPSA) is 59.0 Å². The number of carbonyl (C=O) groups excluding carboxylic acids is 1. The zero-order valence-electron chi connectivity index (χ0n) is 11.7. The summed E-state index contributed by atoms with van der Waals surface area (Å²) in [4.78, 5) is 11.7. The number of ether oxygens (including phenoxy) is 2. The van der Waals surface area contributed by atoms with Crippen LogP contribution in [0.25, 0.3) is 0 Å². The highest BCUT2D eigenvalue weighted by molar-refractivity contribution is 5.67. The van der Waals surface area contributed by atoms with Gasteiger partial charge in [0.25, 0.3) is 0 Å². The summed E-state index contributed by atoms with van der Waals surface area (Å²) >= 11 is 0. The second-order valence-electron chi connectivity index (χ2n) is 5.71. The van der Waals surface area contributed by atoms with Crippen molar-refractivity contribution >= 4 is 6.09 Å². The molecule has 0 unspecified atom stereocenters. The van der Waals surface area contributed by atoms with Gasteiger partial charge in [-0.15, -0.1) is 0 Å². The highest BCUT2D eigenvalue weighted by Gasteiger charge is 2.34. The van der Waals surface area contributed by atoms with Gasteiger partial charge < -0.3 is 9.47 Å². The summed E-state index contributed by atoms with van der Waals surface area (Å²) in [5.74, 6) is 0. The first-order chi connectivity index (χ1) is 8.20. The van der Waals surface area contributed by atoms with Gasteiger partial charge in [-0.1, -0.05) is 12.2 Å². The van der Waals surface area contributed by atoms with Crippen molar-refractivity contribution in [3.05, 3.63) is 12.2 Å². The normalized spacial score (nSPS) is 23.5. The molecule has 0 saturated carbocycles. The quantitative estimate of drug-likeness (QED) is 0.480. The van der Waals surface area contributed by atoms with Crippen molar-refractivity contribution in [1.82, 2.24) is 5.06 Å². The lowest BCUT2D eigenvalue weighted by Crippen LogP contribution is -2.46. The summed E-state index contributed by atoms with van der Waals surface area (Å²) in [7, 11) is 0. The molecule has 0 radical (unpaired) electrons. The molecule has 1 rings (SSSR count). The summed E-state index contributed by atoms with van der Waals surface area (Å²) in [5.41, 5.74) is -0.626. The second-order valence-corrected chi connectivity index (χ2v) is 5.71. The number of hydroxylamine groups is 2. The maximum Gasteiger partial charge on any atom is 0.434 e. The third-order valence-electron chi connectivity index (χ3n) is 2.41. The Balaban J connectivity index is 2.60. The molecular weight excluding hydrogens is 234 g/mol. The first kappa shape index (κ1) is 15.0. The standard InChI is InChI=1S/C13H23NO4/c1-9(2)17-11-8-6-7-10(11)14(16)12(15)18-13(3,4)5/h6,8-11,16H,7H2,1-5H3/t10-,11+/m0/s1. The summed E-state index contributed by atoms with van der Waals surface area (Å²) < 4.78 is 10.7. The van der Waals surface area contributed by atoms with E-state index in [0.717, 1.165) is 0 Å². The van der Waals surface area contributed by atoms with Gasteiger partial charge in [-0.25, -0.2) is 4.79 Å². The molecule has 5 heteroatoms. The number of amides is 1. The summed E-state index contributed by atoms with van der Waals surface area (Å²) in [6, 6.07) is -0.415. The fourth-order valence-corrected chi connectivity index (χ4v) is 1.75. The Morgan fingerprint density at radius 1 is 1.44 bits per heavy atom. The van der Waals surface area contributed by atoms with E-state index in [1.54, 1.807) is 20.8 Å². The Morgan fingerprint density at radius 2 is 2.06 bits per heavy atom. The summed E-state index contributed by atoms with van der Waals surface area (Å²) in [6.45, 7) is 9.10. The molecule has 0 saturated heterocycles. The Bertz CT molecular complexity index is 319. The van der Waals surface area contributed by atoms with Crippen molar-refractivity contribution in [2.75, 3.05) is 0 Å². The molecule has 0 aliphatic heterocycles. The largest absolute Gasteiger partial charge is 0.442 e. The van der Waals surface area contributed by atoms with Crippen LogP contribution in [0.15, 0.2) is 12.2 Å². The molecular formula is C13H23NO4. The third kappa shape index (κ3) is 4.31. The van der Waals surface area contributed by atoms with Crippen molar-refractivity contribution in [2.24, 2.45) is 0 Å². The lowest BCUT2D eigenvalue weighted by atomic mass is 10.2. The first-order valence-electron chi connectivity index (χ1n) is 6.24. The molecule has 0 heterocycles. The maximum absolute atomic E-state index is 11.7. The Kier molecular flexibility index (Phi) is 4.76. The van der Waals surface area contributed by atoms with E-state index in [2.05, 4.69) is 0 Å². The minimum atomic E-state index is -0.742. The fraction of sp³-hybridized carbons (Fsp3) is 0.769. The van der Waals surface area contributed by atoms with Crippen LogP contribution in [0.3, 0.4) is 0 Å². The van der Waals surface area contributed by atoms with Gasteiger partial charge >= 0.3 is 6.09 Å². The van der Waals surface area contributed by atoms with E-state index >= 15 is 0 Å². The average Bonchev–Trinajstić information content (AvgIpc) is 2.60. The number of rotatable bonds is 3. The molecule has 0 aromatic heterocycles. The van der Waals surface area contributed by atoms with Crippen LogP contribution >= 0.6 is 0 Å². The minimum Gasteiger partial charge on any atom is -0.442 e. The molecule has 5 nitrogen and oxygen atoms in total. The second kappa shape index (κ2) is 5.71. The maximum atomic E-state index is 11.7. The molecule has 0 spiro atoms. The molecule has 2 atom stereocenters. The number of hydrogen-bond donors (Lipinski definition) is 1. The van der Waals surface area contributed by atoms with Crippen molar-refractivity contribution in [3.8, 4) is 0 Å². The molecule has 0 aromatic carbocycles. The first-order valence-corrected chi connectivity index (χ1v) is 6.24. The van der Waals surface area contributed by atoms with E-state index in [1.165, 1.54) is 0 Å². The van der Waals surface area contributed by atoms with Crippen LogP contribution in [-0.2, 0) is 9.47 Å². The molecule has 1 amide bonds. The molecule has 18 heavy (non-hydrogen) atoms. The van der Waals surface area contributed by atoms with E-state index in [-0.39, 0.29) is 12.2 Å². The lowest BCUT2D eigenvalue weighted by Gasteiger charge is -2.30. The van der Waals surface area contributed by atoms with Gasteiger partial charge in [0.05, 0.1) is 18.2 Å².